The normalized spacial score (nSPS) is 12.5. The molecule has 0 aliphatic rings. The molecule has 1 aromatic heterocycles. The fraction of sp³-hybridized carbons (Fsp3) is 0.111. The Bertz CT molecular complexity index is 1100. The Morgan fingerprint density at radius 1 is 1.04 bits per heavy atom. The number of aromatic amines is 1. The van der Waals surface area contributed by atoms with E-state index >= 15 is 0 Å². The van der Waals surface area contributed by atoms with Crippen LogP contribution in [-0.4, -0.2) is 19.2 Å². The van der Waals surface area contributed by atoms with E-state index in [0.29, 0.717) is 16.6 Å². The average Bonchev–Trinajstić information content (AvgIpc) is 2.54. The van der Waals surface area contributed by atoms with Gasteiger partial charge in [0, 0.05) is 17.8 Å². The number of H-pyrrole nitrogens is 1. The Hall–Kier alpha value is -2.73. The second kappa shape index (κ2) is 6.05. The van der Waals surface area contributed by atoms with Crippen molar-refractivity contribution in [2.24, 2.45) is 4.40 Å². The number of sulfonamides is 1. The zero-order chi connectivity index (χ0) is 17.3. The minimum absolute atomic E-state index is 0.120. The molecule has 24 heavy (non-hydrogen) atoms. The van der Waals surface area contributed by atoms with Gasteiger partial charge in [0.15, 0.2) is 5.78 Å². The fourth-order valence-electron chi connectivity index (χ4n) is 2.37. The summed E-state index contributed by atoms with van der Waals surface area (Å²) in [6, 6.07) is 15.1. The highest BCUT2D eigenvalue weighted by Gasteiger charge is 2.13. The van der Waals surface area contributed by atoms with E-state index in [1.54, 1.807) is 36.4 Å². The molecule has 0 atom stereocenters. The van der Waals surface area contributed by atoms with E-state index in [1.807, 2.05) is 6.92 Å². The van der Waals surface area contributed by atoms with Gasteiger partial charge in [0.05, 0.1) is 15.9 Å². The maximum Gasteiger partial charge on any atom is 0.282 e. The zero-order valence-electron chi connectivity index (χ0n) is 13.3. The lowest BCUT2D eigenvalue weighted by Gasteiger charge is -2.04. The third kappa shape index (κ3) is 3.14. The molecule has 0 unspecified atom stereocenters. The van der Waals surface area contributed by atoms with Crippen LogP contribution in [0.4, 0.5) is 0 Å². The molecule has 6 heteroatoms. The molecular formula is C18H16N2O3S. The molecule has 0 aliphatic heterocycles. The molecular weight excluding hydrogens is 324 g/mol. The van der Waals surface area contributed by atoms with Gasteiger partial charge in [-0.1, -0.05) is 35.9 Å². The highest BCUT2D eigenvalue weighted by molar-refractivity contribution is 7.90. The van der Waals surface area contributed by atoms with Crippen LogP contribution in [0.2, 0.25) is 0 Å². The van der Waals surface area contributed by atoms with Crippen LogP contribution in [0.25, 0.3) is 10.9 Å². The van der Waals surface area contributed by atoms with Crippen molar-refractivity contribution in [1.82, 2.24) is 4.98 Å². The lowest BCUT2D eigenvalue weighted by molar-refractivity contribution is 0.101. The largest absolute Gasteiger partial charge is 0.352 e. The Morgan fingerprint density at radius 3 is 2.38 bits per heavy atom. The molecule has 3 rings (SSSR count). The number of para-hydroxylation sites is 1. The topological polar surface area (TPSA) is 79.4 Å². The summed E-state index contributed by atoms with van der Waals surface area (Å²) in [5, 5.41) is 0.883. The van der Waals surface area contributed by atoms with Crippen LogP contribution in [0.3, 0.4) is 0 Å². The number of aromatic nitrogens is 1. The number of benzene rings is 2. The van der Waals surface area contributed by atoms with Crippen LogP contribution in [-0.2, 0) is 10.0 Å². The van der Waals surface area contributed by atoms with Crippen molar-refractivity contribution in [1.29, 1.82) is 0 Å². The van der Waals surface area contributed by atoms with Crippen LogP contribution >= 0.6 is 0 Å². The number of carbonyl (C=O) groups excluding carboxylic acids is 1. The molecule has 5 nitrogen and oxygen atoms in total. The molecule has 0 spiro atoms. The van der Waals surface area contributed by atoms with Gasteiger partial charge in [-0.25, -0.2) is 0 Å². The average molecular weight is 340 g/mol. The van der Waals surface area contributed by atoms with Gasteiger partial charge in [0.25, 0.3) is 10.0 Å². The Kier molecular flexibility index (Phi) is 4.07. The third-order valence-electron chi connectivity index (χ3n) is 3.67. The van der Waals surface area contributed by atoms with Crippen LogP contribution < -0.4 is 5.36 Å². The van der Waals surface area contributed by atoms with Crippen molar-refractivity contribution in [2.75, 3.05) is 0 Å². The Balaban J connectivity index is 2.29. The molecule has 0 fully saturated rings. The van der Waals surface area contributed by atoms with E-state index in [9.17, 15) is 13.2 Å². The first kappa shape index (κ1) is 16.1. The number of ketones is 1. The minimum atomic E-state index is -3.86. The first-order valence-corrected chi connectivity index (χ1v) is 8.81. The highest BCUT2D eigenvalue weighted by Crippen LogP contribution is 2.14. The van der Waals surface area contributed by atoms with Gasteiger partial charge in [0.2, 0.25) is 0 Å². The van der Waals surface area contributed by atoms with E-state index in [2.05, 4.69) is 9.38 Å². The first-order valence-electron chi connectivity index (χ1n) is 7.37. The first-order chi connectivity index (χ1) is 11.4. The number of rotatable bonds is 3. The summed E-state index contributed by atoms with van der Waals surface area (Å²) < 4.78 is 29.1. The number of nitrogens with zero attached hydrogens (tertiary/aromatic N) is 1. The number of carbonyl (C=O) groups is 1. The van der Waals surface area contributed by atoms with Crippen molar-refractivity contribution in [2.45, 2.75) is 18.7 Å². The van der Waals surface area contributed by atoms with Crippen LogP contribution in [0.1, 0.15) is 23.0 Å². The van der Waals surface area contributed by atoms with Crippen molar-refractivity contribution in [3.63, 3.8) is 0 Å². The van der Waals surface area contributed by atoms with Crippen LogP contribution in [0, 0.1) is 6.92 Å². The molecule has 2 aromatic carbocycles. The van der Waals surface area contributed by atoms with E-state index in [1.165, 1.54) is 25.1 Å². The smallest absolute Gasteiger partial charge is 0.282 e. The maximum absolute atomic E-state index is 12.6. The molecule has 0 amide bonds. The Morgan fingerprint density at radius 2 is 1.71 bits per heavy atom. The van der Waals surface area contributed by atoms with Gasteiger partial charge in [-0.3, -0.25) is 4.79 Å². The maximum atomic E-state index is 12.6. The summed E-state index contributed by atoms with van der Waals surface area (Å²) in [4.78, 5) is 14.8. The fourth-order valence-corrected chi connectivity index (χ4v) is 3.36. The summed E-state index contributed by atoms with van der Waals surface area (Å²) in [6.45, 7) is 3.30. The van der Waals surface area contributed by atoms with Gasteiger partial charge in [0.1, 0.15) is 0 Å². The second-order valence-corrected chi connectivity index (χ2v) is 7.15. The summed E-state index contributed by atoms with van der Waals surface area (Å²) in [5.41, 5.74) is 1.93. The van der Waals surface area contributed by atoms with Gasteiger partial charge in [-0.2, -0.15) is 12.8 Å². The Labute approximate surface area is 139 Å². The zero-order valence-corrected chi connectivity index (χ0v) is 14.1. The monoisotopic (exact) mass is 340 g/mol. The van der Waals surface area contributed by atoms with E-state index in [-0.39, 0.29) is 16.0 Å². The van der Waals surface area contributed by atoms with Crippen molar-refractivity contribution in [3.05, 3.63) is 71.2 Å². The molecule has 122 valence electrons. The molecule has 3 aromatic rings. The van der Waals surface area contributed by atoms with Crippen LogP contribution in [0.5, 0.6) is 0 Å². The predicted molar refractivity (Wildman–Crippen MR) is 92.2 cm³/mol. The molecule has 0 radical (unpaired) electrons. The number of nitrogens with one attached hydrogen (secondary N) is 1. The number of pyridine rings is 1. The molecule has 0 saturated heterocycles. The van der Waals surface area contributed by atoms with Gasteiger partial charge >= 0.3 is 0 Å². The number of Topliss-reactive ketones (excluding diaryl/α,β-unsaturated/α-hetero) is 1. The molecule has 0 aliphatic carbocycles. The van der Waals surface area contributed by atoms with Crippen molar-refractivity contribution in [3.8, 4) is 0 Å². The van der Waals surface area contributed by atoms with Crippen LogP contribution in [0.15, 0.2) is 63.9 Å². The summed E-state index contributed by atoms with van der Waals surface area (Å²) in [5.74, 6) is -0.190. The molecule has 0 saturated carbocycles. The molecule has 0 bridgehead atoms. The number of fused-ring (bicyclic) bond motifs is 1. The summed E-state index contributed by atoms with van der Waals surface area (Å²) in [7, 11) is -3.86. The predicted octanol–water partition coefficient (Wildman–Crippen LogP) is 2.97. The lowest BCUT2D eigenvalue weighted by atomic mass is 10.1. The van der Waals surface area contributed by atoms with E-state index in [4.69, 9.17) is 0 Å². The molecule has 1 heterocycles. The quantitative estimate of drug-likeness (QED) is 0.745. The van der Waals surface area contributed by atoms with E-state index < -0.39 is 10.0 Å². The number of hydrogen-bond acceptors (Lipinski definition) is 3. The molecule has 1 N–H and O–H groups in total. The van der Waals surface area contributed by atoms with Crippen molar-refractivity contribution < 1.29 is 13.2 Å². The van der Waals surface area contributed by atoms with E-state index in [0.717, 1.165) is 5.56 Å². The third-order valence-corrected chi connectivity index (χ3v) is 4.98. The second-order valence-electron chi connectivity index (χ2n) is 5.55. The van der Waals surface area contributed by atoms with Gasteiger partial charge in [-0.05, 0) is 31.2 Å². The number of hydrogen-bond donors (Lipinski definition) is 1. The number of aryl methyl sites for hydroxylation is 1. The minimum Gasteiger partial charge on any atom is -0.352 e. The van der Waals surface area contributed by atoms with Gasteiger partial charge in [-0.15, -0.1) is 0 Å². The van der Waals surface area contributed by atoms with Crippen molar-refractivity contribution >= 4 is 26.7 Å². The lowest BCUT2D eigenvalue weighted by Crippen LogP contribution is -2.13. The summed E-state index contributed by atoms with van der Waals surface area (Å²) in [6.07, 6.45) is 0. The standard InChI is InChI=1S/C18H16N2O3S/c1-12-7-9-14(10-8-12)24(22,23)20-18-11-17(13(2)21)19-16-6-4-3-5-15(16)18/h3-11H,1-2H3,(H,19,20). The summed E-state index contributed by atoms with van der Waals surface area (Å²) >= 11 is 0. The highest BCUT2D eigenvalue weighted by atomic mass is 32.2. The van der Waals surface area contributed by atoms with Gasteiger partial charge < -0.3 is 4.98 Å². The SMILES string of the molecule is CC(=O)c1cc(=NS(=O)(=O)c2ccc(C)cc2)c2ccccc2[nH]1.